The molecule has 0 aliphatic carbocycles. The van der Waals surface area contributed by atoms with Crippen molar-refractivity contribution in [2.75, 3.05) is 32.5 Å². The molecule has 0 aromatic carbocycles. The summed E-state index contributed by atoms with van der Waals surface area (Å²) >= 11 is 0. The maximum Gasteiger partial charge on any atom is 0.237 e. The standard InChI is InChI=1S/C18H36B2N4O2/c1-3-17(25)15(9-5-7-11-21-4-2)24-18(26)16(23-14-20)10-6-8-12-22-13-19/h15-16,21-23H,3-14H2,1-2H3,(H,24,26). The Labute approximate surface area is 162 Å². The molecule has 2 atom stereocenters. The highest BCUT2D eigenvalue weighted by atomic mass is 16.2. The number of hydrogen-bond donors (Lipinski definition) is 4. The van der Waals surface area contributed by atoms with Gasteiger partial charge in [-0.25, -0.2) is 0 Å². The molecule has 4 N–H and O–H groups in total. The first-order chi connectivity index (χ1) is 12.6. The lowest BCUT2D eigenvalue weighted by atomic mass is 10.0. The second-order valence-electron chi connectivity index (χ2n) is 6.39. The summed E-state index contributed by atoms with van der Waals surface area (Å²) < 4.78 is 0. The first-order valence-electron chi connectivity index (χ1n) is 9.98. The number of ketones is 1. The van der Waals surface area contributed by atoms with Gasteiger partial charge < -0.3 is 21.3 Å². The predicted molar refractivity (Wildman–Crippen MR) is 110 cm³/mol. The van der Waals surface area contributed by atoms with Gasteiger partial charge in [0.25, 0.3) is 0 Å². The molecule has 0 aliphatic heterocycles. The smallest absolute Gasteiger partial charge is 0.237 e. The molecule has 0 bridgehead atoms. The van der Waals surface area contributed by atoms with Crippen molar-refractivity contribution in [3.63, 3.8) is 0 Å². The van der Waals surface area contributed by atoms with Gasteiger partial charge in [0, 0.05) is 6.42 Å². The minimum absolute atomic E-state index is 0.0837. The lowest BCUT2D eigenvalue weighted by Crippen LogP contribution is -2.50. The Morgan fingerprint density at radius 3 is 2.00 bits per heavy atom. The normalized spacial score (nSPS) is 13.3. The van der Waals surface area contributed by atoms with Crippen LogP contribution in [0.4, 0.5) is 0 Å². The number of carbonyl (C=O) groups is 2. The summed E-state index contributed by atoms with van der Waals surface area (Å²) in [5.41, 5.74) is 0. The molecule has 26 heavy (non-hydrogen) atoms. The number of carbonyl (C=O) groups excluding carboxylic acids is 2. The van der Waals surface area contributed by atoms with Crippen LogP contribution in [0.5, 0.6) is 0 Å². The zero-order valence-corrected chi connectivity index (χ0v) is 16.6. The first-order valence-corrected chi connectivity index (χ1v) is 9.98. The number of nitrogens with one attached hydrogen (secondary N) is 4. The quantitative estimate of drug-likeness (QED) is 0.207. The molecule has 0 heterocycles. The molecule has 2 unspecified atom stereocenters. The molecule has 0 fully saturated rings. The third kappa shape index (κ3) is 12.5. The summed E-state index contributed by atoms with van der Waals surface area (Å²) in [5.74, 6) is -0.0545. The van der Waals surface area contributed by atoms with Crippen molar-refractivity contribution in [1.82, 2.24) is 21.3 Å². The molecule has 0 aromatic rings. The van der Waals surface area contributed by atoms with Crippen LogP contribution in [0, 0.1) is 0 Å². The number of Topliss-reactive ketones (excluding diaryl/α,β-unsaturated/α-hetero) is 1. The van der Waals surface area contributed by atoms with E-state index in [1.165, 1.54) is 0 Å². The van der Waals surface area contributed by atoms with E-state index in [2.05, 4.69) is 28.2 Å². The van der Waals surface area contributed by atoms with E-state index >= 15 is 0 Å². The van der Waals surface area contributed by atoms with E-state index in [9.17, 15) is 9.59 Å². The van der Waals surface area contributed by atoms with Gasteiger partial charge in [-0.15, -0.1) is 0 Å². The van der Waals surface area contributed by atoms with Crippen molar-refractivity contribution in [3.8, 4) is 0 Å². The number of rotatable bonds is 18. The summed E-state index contributed by atoms with van der Waals surface area (Å²) in [6.45, 7) is 6.61. The van der Waals surface area contributed by atoms with E-state index in [1.54, 1.807) is 0 Å². The van der Waals surface area contributed by atoms with Crippen LogP contribution < -0.4 is 21.3 Å². The zero-order valence-electron chi connectivity index (χ0n) is 16.6. The first kappa shape index (κ1) is 25.1. The third-order valence-corrected chi connectivity index (χ3v) is 4.32. The molecule has 8 heteroatoms. The van der Waals surface area contributed by atoms with Gasteiger partial charge in [0.1, 0.15) is 0 Å². The van der Waals surface area contributed by atoms with Crippen LogP contribution in [0.25, 0.3) is 0 Å². The number of hydrogen-bond acceptors (Lipinski definition) is 5. The van der Waals surface area contributed by atoms with Crippen LogP contribution in [0.2, 0.25) is 0 Å². The van der Waals surface area contributed by atoms with Gasteiger partial charge in [0.05, 0.1) is 27.8 Å². The second-order valence-corrected chi connectivity index (χ2v) is 6.39. The van der Waals surface area contributed by atoms with Crippen LogP contribution >= 0.6 is 0 Å². The van der Waals surface area contributed by atoms with E-state index in [-0.39, 0.29) is 24.2 Å². The molecular formula is C18H36B2N4O2. The summed E-state index contributed by atoms with van der Waals surface area (Å²) in [7, 11) is 11.0. The van der Waals surface area contributed by atoms with Crippen molar-refractivity contribution in [2.45, 2.75) is 70.9 Å². The maximum atomic E-state index is 12.6. The monoisotopic (exact) mass is 362 g/mol. The molecular weight excluding hydrogens is 326 g/mol. The molecule has 0 aromatic heterocycles. The van der Waals surface area contributed by atoms with Crippen LogP contribution in [0.1, 0.15) is 58.8 Å². The van der Waals surface area contributed by atoms with Crippen molar-refractivity contribution >= 4 is 27.4 Å². The highest BCUT2D eigenvalue weighted by Gasteiger charge is 2.23. The Hall–Kier alpha value is -0.850. The van der Waals surface area contributed by atoms with E-state index < -0.39 is 6.04 Å². The van der Waals surface area contributed by atoms with E-state index in [4.69, 9.17) is 15.7 Å². The van der Waals surface area contributed by atoms with Gasteiger partial charge in [-0.3, -0.25) is 9.59 Å². The largest absolute Gasteiger partial charge is 0.345 e. The molecule has 146 valence electrons. The topological polar surface area (TPSA) is 82.3 Å². The van der Waals surface area contributed by atoms with Crippen LogP contribution in [0.15, 0.2) is 0 Å². The minimum atomic E-state index is -0.407. The van der Waals surface area contributed by atoms with Gasteiger partial charge in [0.2, 0.25) is 5.91 Å². The summed E-state index contributed by atoms with van der Waals surface area (Å²) in [5, 5.41) is 12.3. The van der Waals surface area contributed by atoms with Crippen molar-refractivity contribution in [1.29, 1.82) is 0 Å². The molecule has 6 nitrogen and oxygen atoms in total. The SMILES string of the molecule is [B]CNCCCCC(NC[B])C(=O)NC(CCCCNCC)C(=O)CC. The van der Waals surface area contributed by atoms with Gasteiger partial charge in [-0.2, -0.15) is 0 Å². The van der Waals surface area contributed by atoms with Gasteiger partial charge in [-0.05, 0) is 64.6 Å². The number of unbranched alkanes of at least 4 members (excludes halogenated alkanes) is 2. The Bertz CT molecular complexity index is 373. The minimum Gasteiger partial charge on any atom is -0.345 e. The van der Waals surface area contributed by atoms with Gasteiger partial charge in [-0.1, -0.05) is 20.3 Å². The molecule has 0 aliphatic rings. The van der Waals surface area contributed by atoms with Crippen LogP contribution in [0.3, 0.4) is 0 Å². The van der Waals surface area contributed by atoms with Crippen LogP contribution in [-0.4, -0.2) is 72.0 Å². The Morgan fingerprint density at radius 1 is 0.846 bits per heavy atom. The molecule has 0 saturated heterocycles. The van der Waals surface area contributed by atoms with Gasteiger partial charge >= 0.3 is 0 Å². The van der Waals surface area contributed by atoms with E-state index in [0.717, 1.165) is 45.3 Å². The Morgan fingerprint density at radius 2 is 1.46 bits per heavy atom. The Kier molecular flexibility index (Phi) is 17.0. The highest BCUT2D eigenvalue weighted by Crippen LogP contribution is 2.07. The van der Waals surface area contributed by atoms with Gasteiger partial charge in [0.15, 0.2) is 5.78 Å². The van der Waals surface area contributed by atoms with Crippen molar-refractivity contribution in [3.05, 3.63) is 0 Å². The fraction of sp³-hybridized carbons (Fsp3) is 0.889. The molecule has 0 saturated carbocycles. The highest BCUT2D eigenvalue weighted by molar-refractivity contribution is 6.09. The van der Waals surface area contributed by atoms with Crippen molar-refractivity contribution < 1.29 is 9.59 Å². The van der Waals surface area contributed by atoms with Crippen LogP contribution in [-0.2, 0) is 9.59 Å². The summed E-state index contributed by atoms with van der Waals surface area (Å²) in [6, 6.07) is -0.776. The van der Waals surface area contributed by atoms with E-state index in [0.29, 0.717) is 25.7 Å². The summed E-state index contributed by atoms with van der Waals surface area (Å²) in [4.78, 5) is 24.8. The predicted octanol–water partition coefficient (Wildman–Crippen LogP) is 0.200. The maximum absolute atomic E-state index is 12.6. The van der Waals surface area contributed by atoms with E-state index in [1.807, 2.05) is 6.92 Å². The molecule has 0 rings (SSSR count). The fourth-order valence-corrected chi connectivity index (χ4v) is 2.78. The molecule has 1 amide bonds. The molecule has 4 radical (unpaired) electrons. The average Bonchev–Trinajstić information content (AvgIpc) is 2.65. The van der Waals surface area contributed by atoms with Crippen molar-refractivity contribution in [2.24, 2.45) is 0 Å². The Balaban J connectivity index is 4.45. The average molecular weight is 362 g/mol. The summed E-state index contributed by atoms with van der Waals surface area (Å²) in [6.07, 6.45) is 6.20. The lowest BCUT2D eigenvalue weighted by Gasteiger charge is -2.22. The zero-order chi connectivity index (χ0) is 19.6. The fourth-order valence-electron chi connectivity index (χ4n) is 2.78. The number of amides is 1. The second kappa shape index (κ2) is 17.6. The third-order valence-electron chi connectivity index (χ3n) is 4.32. The lowest BCUT2D eigenvalue weighted by molar-refractivity contribution is -0.129. The molecule has 0 spiro atoms.